The molecule has 11 heteroatoms. The third-order valence-electron chi connectivity index (χ3n) is 2.53. The van der Waals surface area contributed by atoms with Crippen molar-refractivity contribution in [3.05, 3.63) is 38.4 Å². The highest BCUT2D eigenvalue weighted by Crippen LogP contribution is 2.28. The normalized spacial score (nSPS) is 11.0. The van der Waals surface area contributed by atoms with Gasteiger partial charge in [-0.3, -0.25) is 30.4 Å². The Morgan fingerprint density at radius 1 is 1.35 bits per heavy atom. The lowest BCUT2D eigenvalue weighted by Gasteiger charge is -2.05. The molecule has 0 fully saturated rings. The molecule has 0 aliphatic rings. The number of anilines is 1. The number of nitrogens with zero attached hydrogens (tertiary/aromatic N) is 3. The van der Waals surface area contributed by atoms with E-state index in [1.54, 1.807) is 6.92 Å². The van der Waals surface area contributed by atoms with Crippen molar-refractivity contribution in [2.24, 2.45) is 5.10 Å². The lowest BCUT2D eigenvalue weighted by atomic mass is 10.2. The molecule has 1 aromatic rings. The van der Waals surface area contributed by atoms with Gasteiger partial charge in [0.05, 0.1) is 34.7 Å². The van der Waals surface area contributed by atoms with Gasteiger partial charge in [-0.05, 0) is 13.0 Å². The van der Waals surface area contributed by atoms with E-state index in [1.807, 2.05) is 0 Å². The Morgan fingerprint density at radius 3 is 2.57 bits per heavy atom. The van der Waals surface area contributed by atoms with Crippen LogP contribution in [0.1, 0.15) is 13.3 Å². The third kappa shape index (κ3) is 5.30. The van der Waals surface area contributed by atoms with E-state index in [1.165, 1.54) is 0 Å². The number of benzene rings is 1. The summed E-state index contributed by atoms with van der Waals surface area (Å²) in [5, 5.41) is 25.1. The van der Waals surface area contributed by atoms with Crippen molar-refractivity contribution in [2.75, 3.05) is 18.7 Å². The number of rotatable bonds is 8. The molecule has 10 nitrogen and oxygen atoms in total. The minimum absolute atomic E-state index is 0.125. The number of hydrazone groups is 1. The maximum atomic E-state index is 12.8. The van der Waals surface area contributed by atoms with Crippen LogP contribution in [0.25, 0.3) is 0 Å². The van der Waals surface area contributed by atoms with Crippen molar-refractivity contribution in [1.82, 2.24) is 0 Å². The summed E-state index contributed by atoms with van der Waals surface area (Å²) in [4.78, 5) is 31.1. The number of ether oxygens (including phenoxy) is 1. The van der Waals surface area contributed by atoms with Gasteiger partial charge in [-0.1, -0.05) is 0 Å². The standard InChI is InChI=1S/C12H13FN4O6/c1-2-23-12(18)5-8(7-13)14-15-10-4-3-9(16(19)20)6-11(10)17(21)22/h3-4,6,15H,2,5,7H2,1H3. The number of nitrogens with one attached hydrogen (secondary N) is 1. The van der Waals surface area contributed by atoms with Crippen molar-refractivity contribution in [2.45, 2.75) is 13.3 Å². The molecule has 0 amide bonds. The first kappa shape index (κ1) is 17.9. The number of halogens is 1. The summed E-state index contributed by atoms with van der Waals surface area (Å²) in [6, 6.07) is 2.85. The van der Waals surface area contributed by atoms with Crippen LogP contribution in [0, 0.1) is 20.2 Å². The number of carbonyl (C=O) groups is 1. The summed E-state index contributed by atoms with van der Waals surface area (Å²) in [5.74, 6) is -0.691. The van der Waals surface area contributed by atoms with Gasteiger partial charge in [0.25, 0.3) is 5.69 Å². The summed E-state index contributed by atoms with van der Waals surface area (Å²) in [7, 11) is 0. The molecule has 23 heavy (non-hydrogen) atoms. The van der Waals surface area contributed by atoms with E-state index in [9.17, 15) is 29.4 Å². The molecule has 0 saturated carbocycles. The van der Waals surface area contributed by atoms with E-state index >= 15 is 0 Å². The van der Waals surface area contributed by atoms with Gasteiger partial charge in [0, 0.05) is 6.07 Å². The third-order valence-corrected chi connectivity index (χ3v) is 2.53. The van der Waals surface area contributed by atoms with Gasteiger partial charge in [0.1, 0.15) is 12.4 Å². The number of esters is 1. The van der Waals surface area contributed by atoms with Crippen molar-refractivity contribution in [3.63, 3.8) is 0 Å². The van der Waals surface area contributed by atoms with E-state index in [0.717, 1.165) is 18.2 Å². The Kier molecular flexibility index (Phi) is 6.52. The first-order chi connectivity index (χ1) is 10.9. The molecule has 1 rings (SSSR count). The van der Waals surface area contributed by atoms with Gasteiger partial charge < -0.3 is 4.74 Å². The molecule has 124 valence electrons. The predicted molar refractivity (Wildman–Crippen MR) is 78.0 cm³/mol. The van der Waals surface area contributed by atoms with Crippen molar-refractivity contribution < 1.29 is 23.8 Å². The highest BCUT2D eigenvalue weighted by atomic mass is 19.1. The van der Waals surface area contributed by atoms with Gasteiger partial charge in [-0.15, -0.1) is 0 Å². The molecule has 0 bridgehead atoms. The maximum Gasteiger partial charge on any atom is 0.311 e. The van der Waals surface area contributed by atoms with E-state index in [0.29, 0.717) is 0 Å². The van der Waals surface area contributed by atoms with Crippen LogP contribution >= 0.6 is 0 Å². The first-order valence-corrected chi connectivity index (χ1v) is 6.34. The molecule has 0 radical (unpaired) electrons. The van der Waals surface area contributed by atoms with Gasteiger partial charge in [-0.2, -0.15) is 5.10 Å². The fourth-order valence-corrected chi connectivity index (χ4v) is 1.51. The van der Waals surface area contributed by atoms with Crippen LogP contribution in [0.4, 0.5) is 21.5 Å². The van der Waals surface area contributed by atoms with Crippen LogP contribution < -0.4 is 5.43 Å². The van der Waals surface area contributed by atoms with Crippen LogP contribution in [0.15, 0.2) is 23.3 Å². The van der Waals surface area contributed by atoms with Crippen molar-refractivity contribution >= 4 is 28.7 Å². The lowest BCUT2D eigenvalue weighted by Crippen LogP contribution is -2.14. The number of alkyl halides is 1. The number of nitro groups is 2. The number of non-ortho nitro benzene ring substituents is 1. The highest BCUT2D eigenvalue weighted by molar-refractivity contribution is 6.00. The molecular weight excluding hydrogens is 315 g/mol. The number of nitro benzene ring substituents is 2. The fraction of sp³-hybridized carbons (Fsp3) is 0.333. The van der Waals surface area contributed by atoms with Gasteiger partial charge in [0.15, 0.2) is 0 Å². The average molecular weight is 328 g/mol. The van der Waals surface area contributed by atoms with Crippen molar-refractivity contribution in [1.29, 1.82) is 0 Å². The molecule has 0 saturated heterocycles. The van der Waals surface area contributed by atoms with Crippen LogP contribution in [0.3, 0.4) is 0 Å². The maximum absolute atomic E-state index is 12.8. The van der Waals surface area contributed by atoms with E-state index in [2.05, 4.69) is 15.3 Å². The highest BCUT2D eigenvalue weighted by Gasteiger charge is 2.19. The summed E-state index contributed by atoms with van der Waals surface area (Å²) < 4.78 is 17.4. The SMILES string of the molecule is CCOC(=O)CC(CF)=NNc1ccc([N+](=O)[O-])cc1[N+](=O)[O-]. The molecule has 1 aromatic carbocycles. The minimum Gasteiger partial charge on any atom is -0.466 e. The zero-order valence-corrected chi connectivity index (χ0v) is 12.0. The quantitative estimate of drug-likeness (QED) is 0.334. The molecule has 1 N–H and O–H groups in total. The second-order valence-corrected chi connectivity index (χ2v) is 4.12. The number of hydrogen-bond donors (Lipinski definition) is 1. The monoisotopic (exact) mass is 328 g/mol. The largest absolute Gasteiger partial charge is 0.466 e. The second kappa shape index (κ2) is 8.36. The zero-order valence-electron chi connectivity index (χ0n) is 12.0. The Hall–Kier alpha value is -3.11. The molecule has 0 spiro atoms. The van der Waals surface area contributed by atoms with Gasteiger partial charge >= 0.3 is 11.7 Å². The molecule has 0 heterocycles. The Labute approximate surface area is 129 Å². The fourth-order valence-electron chi connectivity index (χ4n) is 1.51. The van der Waals surface area contributed by atoms with E-state index in [-0.39, 0.29) is 18.0 Å². The average Bonchev–Trinajstić information content (AvgIpc) is 2.51. The predicted octanol–water partition coefficient (Wildman–Crippen LogP) is 2.19. The first-order valence-electron chi connectivity index (χ1n) is 6.34. The molecule has 0 aromatic heterocycles. The molecular formula is C12H13FN4O6. The Balaban J connectivity index is 2.98. The van der Waals surface area contributed by atoms with Gasteiger partial charge in [0.2, 0.25) is 0 Å². The molecule has 0 aliphatic carbocycles. The summed E-state index contributed by atoms with van der Waals surface area (Å²) in [5.41, 5.74) is 0.770. The van der Waals surface area contributed by atoms with Crippen LogP contribution in [-0.4, -0.2) is 34.8 Å². The van der Waals surface area contributed by atoms with E-state index in [4.69, 9.17) is 0 Å². The summed E-state index contributed by atoms with van der Waals surface area (Å²) in [6.07, 6.45) is -0.419. The molecule has 0 aliphatic heterocycles. The Morgan fingerprint density at radius 2 is 2.04 bits per heavy atom. The number of hydrogen-bond acceptors (Lipinski definition) is 8. The van der Waals surface area contributed by atoms with Crippen molar-refractivity contribution in [3.8, 4) is 0 Å². The lowest BCUT2D eigenvalue weighted by molar-refractivity contribution is -0.393. The zero-order chi connectivity index (χ0) is 17.4. The van der Waals surface area contributed by atoms with Crippen LogP contribution in [-0.2, 0) is 9.53 Å². The topological polar surface area (TPSA) is 137 Å². The minimum atomic E-state index is -1.06. The molecule has 0 unspecified atom stereocenters. The summed E-state index contributed by atoms with van der Waals surface area (Å²) >= 11 is 0. The van der Waals surface area contributed by atoms with E-state index < -0.39 is 40.3 Å². The van der Waals surface area contributed by atoms with Gasteiger partial charge in [-0.25, -0.2) is 4.39 Å². The van der Waals surface area contributed by atoms with Crippen LogP contribution in [0.5, 0.6) is 0 Å². The molecule has 0 atom stereocenters. The second-order valence-electron chi connectivity index (χ2n) is 4.12. The van der Waals surface area contributed by atoms with Crippen LogP contribution in [0.2, 0.25) is 0 Å². The summed E-state index contributed by atoms with van der Waals surface area (Å²) in [6.45, 7) is 0.648. The Bertz CT molecular complexity index is 648. The number of carbonyl (C=O) groups excluding carboxylic acids is 1. The smallest absolute Gasteiger partial charge is 0.311 e.